The Morgan fingerprint density at radius 3 is 2.58 bits per heavy atom. The molecule has 1 saturated heterocycles. The first-order chi connectivity index (χ1) is 11.4. The summed E-state index contributed by atoms with van der Waals surface area (Å²) in [6.45, 7) is 3.39. The van der Waals surface area contributed by atoms with Crippen molar-refractivity contribution in [2.45, 2.75) is 35.4 Å². The van der Waals surface area contributed by atoms with E-state index in [1.54, 1.807) is 12.1 Å². The summed E-state index contributed by atoms with van der Waals surface area (Å²) >= 11 is 1.06. The summed E-state index contributed by atoms with van der Waals surface area (Å²) in [5.74, 6) is -0.153. The maximum absolute atomic E-state index is 12.9. The smallest absolute Gasteiger partial charge is 0.217 e. The number of rotatable bonds is 5. The molecule has 0 amide bonds. The summed E-state index contributed by atoms with van der Waals surface area (Å²) in [5.41, 5.74) is 6.70. The van der Waals surface area contributed by atoms with Gasteiger partial charge in [0, 0.05) is 30.9 Å². The van der Waals surface area contributed by atoms with Gasteiger partial charge in [0.2, 0.25) is 9.84 Å². The zero-order valence-corrected chi connectivity index (χ0v) is 15.0. The van der Waals surface area contributed by atoms with Crippen LogP contribution in [0.15, 0.2) is 33.5 Å². The van der Waals surface area contributed by atoms with Crippen molar-refractivity contribution in [3.8, 4) is 0 Å². The van der Waals surface area contributed by atoms with Gasteiger partial charge >= 0.3 is 0 Å². The van der Waals surface area contributed by atoms with Crippen molar-refractivity contribution < 1.29 is 13.2 Å². The molecule has 0 bridgehead atoms. The molecule has 1 fully saturated rings. The number of sulfone groups is 1. The van der Waals surface area contributed by atoms with Crippen LogP contribution in [0.5, 0.6) is 0 Å². The highest BCUT2D eigenvalue weighted by Crippen LogP contribution is 2.31. The predicted molar refractivity (Wildman–Crippen MR) is 93.4 cm³/mol. The van der Waals surface area contributed by atoms with Crippen LogP contribution in [0.1, 0.15) is 35.1 Å². The van der Waals surface area contributed by atoms with Crippen LogP contribution in [0.3, 0.4) is 0 Å². The molecular weight excluding hydrogens is 346 g/mol. The van der Waals surface area contributed by atoms with E-state index in [1.165, 1.54) is 19.2 Å². The Kier molecular flexibility index (Phi) is 4.71. The molecule has 0 atom stereocenters. The van der Waals surface area contributed by atoms with Gasteiger partial charge in [-0.25, -0.2) is 13.4 Å². The summed E-state index contributed by atoms with van der Waals surface area (Å²) < 4.78 is 26.0. The summed E-state index contributed by atoms with van der Waals surface area (Å²) in [6.07, 6.45) is 3.47. The highest BCUT2D eigenvalue weighted by Gasteiger charge is 2.24. The van der Waals surface area contributed by atoms with E-state index in [9.17, 15) is 13.2 Å². The predicted octanol–water partition coefficient (Wildman–Crippen LogP) is 2.24. The molecule has 0 spiro atoms. The van der Waals surface area contributed by atoms with Crippen molar-refractivity contribution in [2.75, 3.05) is 18.0 Å². The van der Waals surface area contributed by atoms with Gasteiger partial charge < -0.3 is 10.6 Å². The third kappa shape index (κ3) is 3.22. The molecule has 6 nitrogen and oxygen atoms in total. The Balaban J connectivity index is 2.09. The lowest BCUT2D eigenvalue weighted by Gasteiger charge is -2.19. The highest BCUT2D eigenvalue weighted by atomic mass is 32.2. The molecule has 0 saturated carbocycles. The Bertz CT molecular complexity index is 868. The number of hydrogen-bond donors (Lipinski definition) is 1. The molecule has 2 aromatic rings. The van der Waals surface area contributed by atoms with Crippen molar-refractivity contribution in [3.63, 3.8) is 0 Å². The van der Waals surface area contributed by atoms with E-state index in [2.05, 4.69) is 9.88 Å². The second-order valence-electron chi connectivity index (χ2n) is 5.75. The number of nitrogens with zero attached hydrogens (tertiary/aromatic N) is 2. The van der Waals surface area contributed by atoms with Crippen LogP contribution < -0.4 is 10.6 Å². The molecule has 1 aromatic carbocycles. The topological polar surface area (TPSA) is 93.4 Å². The maximum atomic E-state index is 12.9. The molecule has 2 N–H and O–H groups in total. The standard InChI is InChI=1S/C16H19N3O3S2/c1-11(20)12-6-13(19-4-2-3-5-19)8-14(7-12)24(21,22)16-10-18-15(9-17)23-16/h6-8,10H,2-5,9,17H2,1H3. The van der Waals surface area contributed by atoms with Gasteiger partial charge in [0.15, 0.2) is 5.78 Å². The fourth-order valence-electron chi connectivity index (χ4n) is 2.73. The van der Waals surface area contributed by atoms with E-state index in [4.69, 9.17) is 5.73 Å². The first kappa shape index (κ1) is 17.1. The highest BCUT2D eigenvalue weighted by molar-refractivity contribution is 7.93. The number of anilines is 1. The molecule has 1 aliphatic rings. The minimum absolute atomic E-state index is 0.129. The lowest BCUT2D eigenvalue weighted by Crippen LogP contribution is -2.18. The molecule has 8 heteroatoms. The van der Waals surface area contributed by atoms with Gasteiger partial charge in [-0.3, -0.25) is 4.79 Å². The normalized spacial score (nSPS) is 15.0. The average Bonchev–Trinajstić information content (AvgIpc) is 3.25. The van der Waals surface area contributed by atoms with Crippen LogP contribution in [0.2, 0.25) is 0 Å². The molecule has 0 unspecified atom stereocenters. The number of benzene rings is 1. The quantitative estimate of drug-likeness (QED) is 0.817. The van der Waals surface area contributed by atoms with Gasteiger partial charge in [0.25, 0.3) is 0 Å². The van der Waals surface area contributed by atoms with E-state index < -0.39 is 9.84 Å². The van der Waals surface area contributed by atoms with E-state index in [0.29, 0.717) is 10.6 Å². The van der Waals surface area contributed by atoms with Gasteiger partial charge in [0.1, 0.15) is 9.22 Å². The number of hydrogen-bond acceptors (Lipinski definition) is 7. The Hall–Kier alpha value is -1.77. The Morgan fingerprint density at radius 2 is 2.00 bits per heavy atom. The van der Waals surface area contributed by atoms with Crippen molar-refractivity contribution in [3.05, 3.63) is 35.0 Å². The summed E-state index contributed by atoms with van der Waals surface area (Å²) in [5, 5.41) is 0.566. The van der Waals surface area contributed by atoms with E-state index in [1.807, 2.05) is 0 Å². The number of Topliss-reactive ketones (excluding diaryl/α,β-unsaturated/α-hetero) is 1. The second kappa shape index (κ2) is 6.62. The summed E-state index contributed by atoms with van der Waals surface area (Å²) in [7, 11) is -3.71. The van der Waals surface area contributed by atoms with Crippen LogP contribution in [0, 0.1) is 0 Å². The molecule has 0 aliphatic carbocycles. The summed E-state index contributed by atoms with van der Waals surface area (Å²) in [6, 6.07) is 4.86. The first-order valence-electron chi connectivity index (χ1n) is 7.72. The van der Waals surface area contributed by atoms with Gasteiger partial charge in [0.05, 0.1) is 11.1 Å². The van der Waals surface area contributed by atoms with Gasteiger partial charge in [-0.1, -0.05) is 0 Å². The van der Waals surface area contributed by atoms with Gasteiger partial charge in [-0.05, 0) is 38.0 Å². The lowest BCUT2D eigenvalue weighted by atomic mass is 10.1. The second-order valence-corrected chi connectivity index (χ2v) is 9.04. The van der Waals surface area contributed by atoms with Crippen molar-refractivity contribution in [2.24, 2.45) is 5.73 Å². The molecule has 3 rings (SSSR count). The van der Waals surface area contributed by atoms with Crippen LogP contribution in [-0.2, 0) is 16.4 Å². The van der Waals surface area contributed by atoms with Crippen molar-refractivity contribution >= 4 is 32.6 Å². The zero-order chi connectivity index (χ0) is 17.3. The largest absolute Gasteiger partial charge is 0.371 e. The molecule has 0 radical (unpaired) electrons. The van der Waals surface area contributed by atoms with E-state index >= 15 is 0 Å². The van der Waals surface area contributed by atoms with Gasteiger partial charge in [-0.2, -0.15) is 0 Å². The SMILES string of the molecule is CC(=O)c1cc(N2CCCC2)cc(S(=O)(=O)c2cnc(CN)s2)c1. The third-order valence-electron chi connectivity index (χ3n) is 4.05. The van der Waals surface area contributed by atoms with Crippen LogP contribution >= 0.6 is 11.3 Å². The van der Waals surface area contributed by atoms with Crippen LogP contribution in [0.4, 0.5) is 5.69 Å². The number of thiazole rings is 1. The Morgan fingerprint density at radius 1 is 1.29 bits per heavy atom. The van der Waals surface area contributed by atoms with Gasteiger partial charge in [-0.15, -0.1) is 11.3 Å². The molecule has 128 valence electrons. The molecule has 1 aromatic heterocycles. The van der Waals surface area contributed by atoms with E-state index in [-0.39, 0.29) is 21.4 Å². The third-order valence-corrected chi connectivity index (χ3v) is 7.27. The lowest BCUT2D eigenvalue weighted by molar-refractivity contribution is 0.101. The number of ketones is 1. The maximum Gasteiger partial charge on any atom is 0.217 e. The molecule has 1 aliphatic heterocycles. The van der Waals surface area contributed by atoms with Crippen LogP contribution in [0.25, 0.3) is 0 Å². The van der Waals surface area contributed by atoms with Crippen molar-refractivity contribution in [1.29, 1.82) is 0 Å². The van der Waals surface area contributed by atoms with Crippen LogP contribution in [-0.4, -0.2) is 32.3 Å². The number of aromatic nitrogens is 1. The fourth-order valence-corrected chi connectivity index (χ4v) is 5.25. The number of nitrogens with two attached hydrogens (primary N) is 1. The minimum atomic E-state index is -3.71. The number of carbonyl (C=O) groups is 1. The monoisotopic (exact) mass is 365 g/mol. The Labute approximate surface area is 145 Å². The fraction of sp³-hybridized carbons (Fsp3) is 0.375. The van der Waals surface area contributed by atoms with Crippen molar-refractivity contribution in [1.82, 2.24) is 4.98 Å². The molecule has 2 heterocycles. The van der Waals surface area contributed by atoms with E-state index in [0.717, 1.165) is 43.0 Å². The zero-order valence-electron chi connectivity index (χ0n) is 13.4. The average molecular weight is 365 g/mol. The minimum Gasteiger partial charge on any atom is -0.371 e. The number of carbonyl (C=O) groups excluding carboxylic acids is 1. The molecule has 24 heavy (non-hydrogen) atoms. The molecular formula is C16H19N3O3S2. The first-order valence-corrected chi connectivity index (χ1v) is 10.0. The summed E-state index contributed by atoms with van der Waals surface area (Å²) in [4.78, 5) is 18.1.